The van der Waals surface area contributed by atoms with E-state index >= 15 is 0 Å². The monoisotopic (exact) mass is 325 g/mol. The van der Waals surface area contributed by atoms with Gasteiger partial charge < -0.3 is 4.74 Å². The van der Waals surface area contributed by atoms with Gasteiger partial charge in [0.1, 0.15) is 0 Å². The van der Waals surface area contributed by atoms with E-state index in [1.54, 1.807) is 19.1 Å². The van der Waals surface area contributed by atoms with Gasteiger partial charge in [0.25, 0.3) is 0 Å². The van der Waals surface area contributed by atoms with Crippen LogP contribution < -0.4 is 10.6 Å². The minimum Gasteiger partial charge on any atom is -0.465 e. The SMILES string of the molecule is CCOC(=O)C1CCC/C1=N\Nc1ccc(S(N)(=O)=O)cc1. The average Bonchev–Trinajstić information content (AvgIpc) is 2.93. The van der Waals surface area contributed by atoms with Crippen LogP contribution in [-0.2, 0) is 19.6 Å². The number of anilines is 1. The number of hydrazone groups is 1. The number of sulfonamides is 1. The maximum atomic E-state index is 11.8. The van der Waals surface area contributed by atoms with E-state index in [1.165, 1.54) is 12.1 Å². The second-order valence-corrected chi connectivity index (χ2v) is 6.54. The maximum Gasteiger partial charge on any atom is 0.314 e. The molecule has 1 aromatic rings. The molecule has 0 radical (unpaired) electrons. The molecule has 1 aliphatic carbocycles. The Balaban J connectivity index is 2.06. The van der Waals surface area contributed by atoms with Crippen LogP contribution in [0.3, 0.4) is 0 Å². The molecule has 0 aliphatic heterocycles. The van der Waals surface area contributed by atoms with Crippen LogP contribution in [0.4, 0.5) is 5.69 Å². The van der Waals surface area contributed by atoms with E-state index in [0.29, 0.717) is 12.3 Å². The van der Waals surface area contributed by atoms with Gasteiger partial charge in [-0.05, 0) is 50.5 Å². The van der Waals surface area contributed by atoms with Crippen molar-refractivity contribution in [2.24, 2.45) is 16.2 Å². The van der Waals surface area contributed by atoms with Crippen LogP contribution in [0.5, 0.6) is 0 Å². The molecule has 1 fully saturated rings. The predicted molar refractivity (Wildman–Crippen MR) is 82.8 cm³/mol. The Kier molecular flexibility index (Phi) is 5.15. The minimum absolute atomic E-state index is 0.0379. The highest BCUT2D eigenvalue weighted by molar-refractivity contribution is 7.89. The van der Waals surface area contributed by atoms with Crippen molar-refractivity contribution in [3.8, 4) is 0 Å². The lowest BCUT2D eigenvalue weighted by Gasteiger charge is -2.10. The van der Waals surface area contributed by atoms with Crippen LogP contribution in [-0.4, -0.2) is 26.7 Å². The number of primary sulfonamides is 1. The zero-order valence-corrected chi connectivity index (χ0v) is 13.1. The summed E-state index contributed by atoms with van der Waals surface area (Å²) in [7, 11) is -3.70. The number of hydrogen-bond acceptors (Lipinski definition) is 6. The van der Waals surface area contributed by atoms with Crippen LogP contribution in [0.1, 0.15) is 26.2 Å². The van der Waals surface area contributed by atoms with E-state index in [1.807, 2.05) is 0 Å². The predicted octanol–water partition coefficient (Wildman–Crippen LogP) is 1.47. The summed E-state index contributed by atoms with van der Waals surface area (Å²) in [5.74, 6) is -0.540. The molecule has 0 saturated heterocycles. The van der Waals surface area contributed by atoms with E-state index < -0.39 is 10.0 Å². The van der Waals surface area contributed by atoms with Gasteiger partial charge in [-0.1, -0.05) is 0 Å². The molecule has 7 nitrogen and oxygen atoms in total. The van der Waals surface area contributed by atoms with Crippen molar-refractivity contribution in [1.29, 1.82) is 0 Å². The third-order valence-corrected chi connectivity index (χ3v) is 4.34. The molecule has 1 aromatic carbocycles. The number of ether oxygens (including phenoxy) is 1. The highest BCUT2D eigenvalue weighted by atomic mass is 32.2. The second kappa shape index (κ2) is 6.89. The minimum atomic E-state index is -3.70. The van der Waals surface area contributed by atoms with Crippen LogP contribution >= 0.6 is 0 Å². The van der Waals surface area contributed by atoms with Crippen molar-refractivity contribution < 1.29 is 17.9 Å². The topological polar surface area (TPSA) is 111 Å². The number of nitrogens with two attached hydrogens (primary N) is 1. The van der Waals surface area contributed by atoms with Crippen LogP contribution in [0.25, 0.3) is 0 Å². The normalized spacial score (nSPS) is 20.1. The van der Waals surface area contributed by atoms with Crippen molar-refractivity contribution >= 4 is 27.4 Å². The Bertz CT molecular complexity index is 668. The first kappa shape index (κ1) is 16.4. The van der Waals surface area contributed by atoms with Gasteiger partial charge in [-0.3, -0.25) is 10.2 Å². The molecule has 0 heterocycles. The zero-order valence-electron chi connectivity index (χ0n) is 12.3. The van der Waals surface area contributed by atoms with Crippen molar-refractivity contribution in [1.82, 2.24) is 0 Å². The summed E-state index contributed by atoms with van der Waals surface area (Å²) >= 11 is 0. The fourth-order valence-corrected chi connectivity index (χ4v) is 2.83. The lowest BCUT2D eigenvalue weighted by atomic mass is 10.1. The van der Waals surface area contributed by atoms with Crippen LogP contribution in [0.15, 0.2) is 34.3 Å². The first-order valence-electron chi connectivity index (χ1n) is 7.03. The van der Waals surface area contributed by atoms with Gasteiger partial charge in [-0.2, -0.15) is 5.10 Å². The first-order valence-corrected chi connectivity index (χ1v) is 8.58. The number of rotatable bonds is 5. The summed E-state index contributed by atoms with van der Waals surface area (Å²) in [6.07, 6.45) is 2.38. The van der Waals surface area contributed by atoms with Crippen molar-refractivity contribution in [3.63, 3.8) is 0 Å². The zero-order chi connectivity index (χ0) is 16.2. The number of nitrogens with zero attached hydrogens (tertiary/aromatic N) is 1. The highest BCUT2D eigenvalue weighted by Gasteiger charge is 2.30. The second-order valence-electron chi connectivity index (χ2n) is 4.98. The van der Waals surface area contributed by atoms with E-state index in [-0.39, 0.29) is 16.8 Å². The molecule has 1 unspecified atom stereocenters. The largest absolute Gasteiger partial charge is 0.465 e. The number of hydrogen-bond donors (Lipinski definition) is 2. The Hall–Kier alpha value is -1.93. The van der Waals surface area contributed by atoms with Crippen molar-refractivity contribution in [2.45, 2.75) is 31.1 Å². The fraction of sp³-hybridized carbons (Fsp3) is 0.429. The van der Waals surface area contributed by atoms with Crippen molar-refractivity contribution in [3.05, 3.63) is 24.3 Å². The fourth-order valence-electron chi connectivity index (χ4n) is 2.31. The quantitative estimate of drug-likeness (QED) is 0.629. The molecule has 1 aliphatic rings. The molecule has 2 rings (SSSR count). The van der Waals surface area contributed by atoms with Gasteiger partial charge in [0.05, 0.1) is 28.8 Å². The van der Waals surface area contributed by atoms with E-state index in [0.717, 1.165) is 25.0 Å². The Labute approximate surface area is 129 Å². The van der Waals surface area contributed by atoms with Gasteiger partial charge >= 0.3 is 5.97 Å². The highest BCUT2D eigenvalue weighted by Crippen LogP contribution is 2.24. The standard InChI is InChI=1S/C14H19N3O4S/c1-2-21-14(18)12-4-3-5-13(12)17-16-10-6-8-11(9-7-10)22(15,19)20/h6-9,12,16H,2-5H2,1H3,(H2,15,19,20)/b17-13+. The smallest absolute Gasteiger partial charge is 0.314 e. The molecule has 0 spiro atoms. The summed E-state index contributed by atoms with van der Waals surface area (Å²) in [6.45, 7) is 2.13. The molecular weight excluding hydrogens is 306 g/mol. The average molecular weight is 325 g/mol. The molecule has 8 heteroatoms. The Morgan fingerprint density at radius 1 is 1.41 bits per heavy atom. The van der Waals surface area contributed by atoms with Gasteiger partial charge in [0.15, 0.2) is 0 Å². The maximum absolute atomic E-state index is 11.8. The summed E-state index contributed by atoms with van der Waals surface area (Å²) in [6, 6.07) is 5.93. The van der Waals surface area contributed by atoms with Gasteiger partial charge in [0.2, 0.25) is 10.0 Å². The van der Waals surface area contributed by atoms with E-state index in [9.17, 15) is 13.2 Å². The van der Waals surface area contributed by atoms with E-state index in [2.05, 4.69) is 10.5 Å². The molecule has 0 amide bonds. The van der Waals surface area contributed by atoms with Gasteiger partial charge in [0, 0.05) is 0 Å². The van der Waals surface area contributed by atoms with Crippen LogP contribution in [0.2, 0.25) is 0 Å². The molecule has 120 valence electrons. The molecular formula is C14H19N3O4S. The molecule has 0 aromatic heterocycles. The molecule has 22 heavy (non-hydrogen) atoms. The summed E-state index contributed by atoms with van der Waals surface area (Å²) in [5, 5.41) is 9.29. The number of esters is 1. The van der Waals surface area contributed by atoms with Crippen LogP contribution in [0, 0.1) is 5.92 Å². The van der Waals surface area contributed by atoms with Gasteiger partial charge in [-0.15, -0.1) is 0 Å². The first-order chi connectivity index (χ1) is 10.4. The lowest BCUT2D eigenvalue weighted by molar-refractivity contribution is -0.145. The molecule has 1 saturated carbocycles. The Morgan fingerprint density at radius 3 is 2.68 bits per heavy atom. The lowest BCUT2D eigenvalue weighted by Crippen LogP contribution is -2.22. The molecule has 3 N–H and O–H groups in total. The summed E-state index contributed by atoms with van der Waals surface area (Å²) in [4.78, 5) is 11.8. The number of carbonyl (C=O) groups excluding carboxylic acids is 1. The third-order valence-electron chi connectivity index (χ3n) is 3.41. The number of nitrogens with one attached hydrogen (secondary N) is 1. The summed E-state index contributed by atoms with van der Waals surface area (Å²) < 4.78 is 27.4. The number of carbonyl (C=O) groups is 1. The Morgan fingerprint density at radius 2 is 2.09 bits per heavy atom. The number of benzene rings is 1. The molecule has 1 atom stereocenters. The van der Waals surface area contributed by atoms with Gasteiger partial charge in [-0.25, -0.2) is 13.6 Å². The molecule has 0 bridgehead atoms. The third kappa shape index (κ3) is 4.05. The van der Waals surface area contributed by atoms with Crippen molar-refractivity contribution in [2.75, 3.05) is 12.0 Å². The summed E-state index contributed by atoms with van der Waals surface area (Å²) in [5.41, 5.74) is 4.21. The van der Waals surface area contributed by atoms with E-state index in [4.69, 9.17) is 9.88 Å².